The van der Waals surface area contributed by atoms with Crippen molar-refractivity contribution in [2.45, 2.75) is 44.6 Å². The number of halogens is 1. The maximum atomic E-state index is 13.7. The van der Waals surface area contributed by atoms with E-state index in [4.69, 9.17) is 14.2 Å². The molecule has 2 amide bonds. The van der Waals surface area contributed by atoms with Crippen molar-refractivity contribution in [2.24, 2.45) is 0 Å². The molecule has 224 valence electrons. The minimum absolute atomic E-state index is 0.0242. The monoisotopic (exact) mass is 576 g/mol. The highest BCUT2D eigenvalue weighted by Crippen LogP contribution is 2.23. The van der Waals surface area contributed by atoms with Crippen LogP contribution in [0.1, 0.15) is 48.0 Å². The van der Waals surface area contributed by atoms with E-state index in [1.807, 2.05) is 46.2 Å². The largest absolute Gasteiger partial charge is 0.493 e. The van der Waals surface area contributed by atoms with E-state index in [0.29, 0.717) is 49.7 Å². The number of amides is 2. The zero-order valence-electron chi connectivity index (χ0n) is 24.4. The zero-order valence-corrected chi connectivity index (χ0v) is 24.4. The van der Waals surface area contributed by atoms with E-state index in [0.717, 1.165) is 31.2 Å². The van der Waals surface area contributed by atoms with E-state index < -0.39 is 0 Å². The first-order valence-corrected chi connectivity index (χ1v) is 14.8. The van der Waals surface area contributed by atoms with Crippen LogP contribution in [0.3, 0.4) is 0 Å². The first kappa shape index (κ1) is 31.0. The van der Waals surface area contributed by atoms with Crippen LogP contribution in [0.25, 0.3) is 0 Å². The molecule has 8 heteroatoms. The molecule has 4 rings (SSSR count). The van der Waals surface area contributed by atoms with Crippen molar-refractivity contribution in [1.82, 2.24) is 9.80 Å². The highest BCUT2D eigenvalue weighted by Gasteiger charge is 2.26. The molecule has 0 N–H and O–H groups in total. The van der Waals surface area contributed by atoms with Crippen LogP contribution in [-0.4, -0.2) is 74.2 Å². The van der Waals surface area contributed by atoms with Crippen LogP contribution in [-0.2, 0) is 16.0 Å². The maximum Gasteiger partial charge on any atom is 0.257 e. The minimum Gasteiger partial charge on any atom is -0.493 e. The first-order valence-electron chi connectivity index (χ1n) is 14.8. The first-order chi connectivity index (χ1) is 20.5. The number of benzene rings is 3. The Kier molecular flexibility index (Phi) is 12.2. The molecule has 3 aromatic carbocycles. The summed E-state index contributed by atoms with van der Waals surface area (Å²) in [6, 6.07) is 22.9. The van der Waals surface area contributed by atoms with Crippen LogP contribution < -0.4 is 9.47 Å². The van der Waals surface area contributed by atoms with Crippen LogP contribution in [0.2, 0.25) is 0 Å². The molecule has 0 saturated carbocycles. The molecule has 7 nitrogen and oxygen atoms in total. The summed E-state index contributed by atoms with van der Waals surface area (Å²) in [5, 5.41) is 0. The van der Waals surface area contributed by atoms with Gasteiger partial charge in [0.25, 0.3) is 5.91 Å². The average Bonchev–Trinajstić information content (AvgIpc) is 3.01. The Hall–Kier alpha value is -3.91. The van der Waals surface area contributed by atoms with Gasteiger partial charge in [-0.15, -0.1) is 0 Å². The van der Waals surface area contributed by atoms with Gasteiger partial charge in [0, 0.05) is 26.7 Å². The lowest BCUT2D eigenvalue weighted by molar-refractivity contribution is -0.134. The molecule has 0 bridgehead atoms. The number of hydrogen-bond donors (Lipinski definition) is 0. The molecule has 0 saturated heterocycles. The SMILES string of the molecule is COCCN1CCCCCCN(C(=O)CCOc2ccc(F)cc2)[C@@H](Cc2ccccc2)COc2ccccc2C1=O. The molecule has 1 atom stereocenters. The molecular weight excluding hydrogens is 535 g/mol. The lowest BCUT2D eigenvalue weighted by Gasteiger charge is -2.33. The fourth-order valence-corrected chi connectivity index (χ4v) is 5.17. The summed E-state index contributed by atoms with van der Waals surface area (Å²) in [6.45, 7) is 2.65. The Balaban J connectivity index is 1.55. The van der Waals surface area contributed by atoms with E-state index in [-0.39, 0.29) is 43.3 Å². The molecule has 1 aliphatic heterocycles. The van der Waals surface area contributed by atoms with E-state index in [2.05, 4.69) is 12.1 Å². The van der Waals surface area contributed by atoms with Crippen molar-refractivity contribution >= 4 is 11.8 Å². The third-order valence-electron chi connectivity index (χ3n) is 7.45. The summed E-state index contributed by atoms with van der Waals surface area (Å²) in [5.74, 6) is 0.593. The van der Waals surface area contributed by atoms with Gasteiger partial charge in [0.05, 0.1) is 31.2 Å². The van der Waals surface area contributed by atoms with E-state index in [9.17, 15) is 14.0 Å². The van der Waals surface area contributed by atoms with Gasteiger partial charge in [0.15, 0.2) is 0 Å². The molecule has 0 unspecified atom stereocenters. The highest BCUT2D eigenvalue weighted by atomic mass is 19.1. The van der Waals surface area contributed by atoms with Gasteiger partial charge in [0.2, 0.25) is 5.91 Å². The molecule has 0 radical (unpaired) electrons. The average molecular weight is 577 g/mol. The number of nitrogens with zero attached hydrogens (tertiary/aromatic N) is 2. The topological polar surface area (TPSA) is 68.3 Å². The number of methoxy groups -OCH3 is 1. The predicted octanol–water partition coefficient (Wildman–Crippen LogP) is 5.78. The highest BCUT2D eigenvalue weighted by molar-refractivity contribution is 5.97. The molecule has 0 aliphatic carbocycles. The standard InChI is InChI=1S/C34H41FN2O5/c1-40-24-22-36-20-9-2-3-10-21-37(33(38)19-23-41-30-17-15-28(35)16-18-30)29(25-27-11-5-4-6-12-27)26-42-32-14-8-7-13-31(32)34(36)39/h4-8,11-18,29H,2-3,9-10,19-26H2,1H3/t29-/m0/s1. The number of carbonyl (C=O) groups excluding carboxylic acids is 2. The van der Waals surface area contributed by atoms with Crippen LogP contribution >= 0.6 is 0 Å². The second kappa shape index (κ2) is 16.5. The predicted molar refractivity (Wildman–Crippen MR) is 160 cm³/mol. The summed E-state index contributed by atoms with van der Waals surface area (Å²) in [5.41, 5.74) is 1.61. The fraction of sp³-hybridized carbons (Fsp3) is 0.412. The molecule has 42 heavy (non-hydrogen) atoms. The molecule has 3 aromatic rings. The smallest absolute Gasteiger partial charge is 0.257 e. The van der Waals surface area contributed by atoms with E-state index in [1.165, 1.54) is 12.1 Å². The van der Waals surface area contributed by atoms with E-state index in [1.54, 1.807) is 25.3 Å². The Morgan fingerprint density at radius 1 is 0.905 bits per heavy atom. The van der Waals surface area contributed by atoms with Crippen molar-refractivity contribution in [3.63, 3.8) is 0 Å². The number of ether oxygens (including phenoxy) is 3. The lowest BCUT2D eigenvalue weighted by Crippen LogP contribution is -2.46. The third-order valence-corrected chi connectivity index (χ3v) is 7.45. The van der Waals surface area contributed by atoms with Crippen LogP contribution in [0.15, 0.2) is 78.9 Å². The van der Waals surface area contributed by atoms with Crippen molar-refractivity contribution in [2.75, 3.05) is 46.6 Å². The molecule has 1 heterocycles. The Morgan fingerprint density at radius 2 is 1.62 bits per heavy atom. The molecular formula is C34H41FN2O5. The number of rotatable bonds is 9. The summed E-state index contributed by atoms with van der Waals surface area (Å²) < 4.78 is 30.6. The third kappa shape index (κ3) is 9.31. The van der Waals surface area contributed by atoms with Gasteiger partial charge < -0.3 is 24.0 Å². The molecule has 1 aliphatic rings. The molecule has 0 aromatic heterocycles. The fourth-order valence-electron chi connectivity index (χ4n) is 5.17. The van der Waals surface area contributed by atoms with Gasteiger partial charge in [-0.2, -0.15) is 0 Å². The number of carbonyl (C=O) groups is 2. The van der Waals surface area contributed by atoms with Gasteiger partial charge in [-0.05, 0) is 61.2 Å². The zero-order chi connectivity index (χ0) is 29.6. The van der Waals surface area contributed by atoms with Crippen molar-refractivity contribution in [1.29, 1.82) is 0 Å². The van der Waals surface area contributed by atoms with Gasteiger partial charge in [-0.3, -0.25) is 9.59 Å². The van der Waals surface area contributed by atoms with E-state index >= 15 is 0 Å². The normalized spacial score (nSPS) is 16.7. The summed E-state index contributed by atoms with van der Waals surface area (Å²) >= 11 is 0. The Labute approximate surface area is 248 Å². The van der Waals surface area contributed by atoms with Crippen LogP contribution in [0, 0.1) is 5.82 Å². The van der Waals surface area contributed by atoms with Crippen molar-refractivity contribution in [3.05, 3.63) is 95.8 Å². The van der Waals surface area contributed by atoms with Crippen LogP contribution in [0.4, 0.5) is 4.39 Å². The summed E-state index contributed by atoms with van der Waals surface area (Å²) in [7, 11) is 1.64. The Bertz CT molecular complexity index is 1250. The van der Waals surface area contributed by atoms with Crippen molar-refractivity contribution in [3.8, 4) is 11.5 Å². The number of hydrogen-bond acceptors (Lipinski definition) is 5. The van der Waals surface area contributed by atoms with Crippen LogP contribution in [0.5, 0.6) is 11.5 Å². The number of para-hydroxylation sites is 1. The lowest BCUT2D eigenvalue weighted by atomic mass is 10.0. The number of fused-ring (bicyclic) bond motifs is 1. The summed E-state index contributed by atoms with van der Waals surface area (Å²) in [4.78, 5) is 31.0. The minimum atomic E-state index is -0.334. The summed E-state index contributed by atoms with van der Waals surface area (Å²) in [6.07, 6.45) is 4.41. The van der Waals surface area contributed by atoms with Gasteiger partial charge >= 0.3 is 0 Å². The van der Waals surface area contributed by atoms with Gasteiger partial charge in [0.1, 0.15) is 23.9 Å². The second-order valence-electron chi connectivity index (χ2n) is 10.5. The molecule has 0 fully saturated rings. The van der Waals surface area contributed by atoms with Crippen molar-refractivity contribution < 1.29 is 28.2 Å². The molecule has 0 spiro atoms. The Morgan fingerprint density at radius 3 is 2.38 bits per heavy atom. The van der Waals surface area contributed by atoms with Gasteiger partial charge in [-0.1, -0.05) is 55.3 Å². The van der Waals surface area contributed by atoms with Gasteiger partial charge in [-0.25, -0.2) is 4.39 Å². The maximum absolute atomic E-state index is 13.7. The quantitative estimate of drug-likeness (QED) is 0.323. The second-order valence-corrected chi connectivity index (χ2v) is 10.5.